The van der Waals surface area contributed by atoms with Crippen molar-refractivity contribution in [1.29, 1.82) is 0 Å². The number of likely N-dealkylation sites (tertiary alicyclic amines) is 2. The lowest BCUT2D eigenvalue weighted by Crippen LogP contribution is -2.36. The lowest BCUT2D eigenvalue weighted by molar-refractivity contribution is -0.129. The van der Waals surface area contributed by atoms with Crippen molar-refractivity contribution in [1.82, 2.24) is 9.80 Å². The van der Waals surface area contributed by atoms with Gasteiger partial charge in [-0.2, -0.15) is 0 Å². The number of hydrogen-bond acceptors (Lipinski definition) is 3. The molecule has 0 aliphatic carbocycles. The van der Waals surface area contributed by atoms with E-state index >= 15 is 0 Å². The number of rotatable bonds is 5. The van der Waals surface area contributed by atoms with Crippen molar-refractivity contribution in [3.05, 3.63) is 65.7 Å². The standard InChI is InChI=1S/C25H29N3O3/c1-18(19-10-4-2-5-11-19)28-17-20(16-23(28)29)24(30)26-22-13-7-6-12-21(22)25(31)27-14-8-3-9-15-27/h2,4-7,10-13,18,20H,3,8-9,14-17H2,1H3,(H,26,30)/t18-,20-/m0/s1. The molecule has 4 rings (SSSR count). The van der Waals surface area contributed by atoms with Crippen molar-refractivity contribution >= 4 is 23.4 Å². The van der Waals surface area contributed by atoms with Crippen molar-refractivity contribution in [3.8, 4) is 0 Å². The number of hydrogen-bond donors (Lipinski definition) is 1. The second kappa shape index (κ2) is 9.33. The van der Waals surface area contributed by atoms with E-state index in [0.29, 0.717) is 17.8 Å². The quantitative estimate of drug-likeness (QED) is 0.800. The van der Waals surface area contributed by atoms with E-state index in [1.54, 1.807) is 17.0 Å². The van der Waals surface area contributed by atoms with Crippen LogP contribution in [0.3, 0.4) is 0 Å². The fourth-order valence-corrected chi connectivity index (χ4v) is 4.47. The van der Waals surface area contributed by atoms with Crippen LogP contribution in [0, 0.1) is 5.92 Å². The summed E-state index contributed by atoms with van der Waals surface area (Å²) in [6, 6.07) is 16.9. The van der Waals surface area contributed by atoms with Gasteiger partial charge in [0.05, 0.1) is 23.2 Å². The van der Waals surface area contributed by atoms with E-state index in [1.165, 1.54) is 0 Å². The SMILES string of the molecule is C[C@@H](c1ccccc1)N1C[C@@H](C(=O)Nc2ccccc2C(=O)N2CCCCC2)CC1=O. The monoisotopic (exact) mass is 419 g/mol. The summed E-state index contributed by atoms with van der Waals surface area (Å²) in [4.78, 5) is 42.2. The molecule has 3 amide bonds. The first-order chi connectivity index (χ1) is 15.0. The fraction of sp³-hybridized carbons (Fsp3) is 0.400. The van der Waals surface area contributed by atoms with E-state index in [9.17, 15) is 14.4 Å². The summed E-state index contributed by atoms with van der Waals surface area (Å²) in [5.74, 6) is -0.710. The zero-order valence-corrected chi connectivity index (χ0v) is 17.9. The lowest BCUT2D eigenvalue weighted by atomic mass is 10.1. The third-order valence-electron chi connectivity index (χ3n) is 6.34. The minimum absolute atomic E-state index is 0.0193. The summed E-state index contributed by atoms with van der Waals surface area (Å²) in [5.41, 5.74) is 2.08. The molecule has 1 N–H and O–H groups in total. The average molecular weight is 420 g/mol. The van der Waals surface area contributed by atoms with Gasteiger partial charge in [-0.25, -0.2) is 0 Å². The van der Waals surface area contributed by atoms with Crippen LogP contribution in [0.25, 0.3) is 0 Å². The molecular formula is C25H29N3O3. The van der Waals surface area contributed by atoms with Crippen molar-refractivity contribution in [3.63, 3.8) is 0 Å². The summed E-state index contributed by atoms with van der Waals surface area (Å²) in [5, 5.41) is 2.93. The number of carbonyl (C=O) groups excluding carboxylic acids is 3. The van der Waals surface area contributed by atoms with Gasteiger partial charge in [0, 0.05) is 26.1 Å². The van der Waals surface area contributed by atoms with Crippen LogP contribution in [0.4, 0.5) is 5.69 Å². The molecule has 2 heterocycles. The average Bonchev–Trinajstić information content (AvgIpc) is 3.21. The zero-order valence-electron chi connectivity index (χ0n) is 17.9. The second-order valence-corrected chi connectivity index (χ2v) is 8.42. The number of nitrogens with one attached hydrogen (secondary N) is 1. The highest BCUT2D eigenvalue weighted by Crippen LogP contribution is 2.29. The molecule has 0 aromatic heterocycles. The van der Waals surface area contributed by atoms with Gasteiger partial charge < -0.3 is 15.1 Å². The molecule has 2 aromatic carbocycles. The number of para-hydroxylation sites is 1. The molecule has 2 aromatic rings. The van der Waals surface area contributed by atoms with E-state index < -0.39 is 5.92 Å². The summed E-state index contributed by atoms with van der Waals surface area (Å²) in [6.45, 7) is 3.87. The van der Waals surface area contributed by atoms with Gasteiger partial charge in [-0.15, -0.1) is 0 Å². The fourth-order valence-electron chi connectivity index (χ4n) is 4.47. The Morgan fingerprint density at radius 2 is 1.65 bits per heavy atom. The minimum atomic E-state index is -0.434. The van der Waals surface area contributed by atoms with Crippen molar-refractivity contribution in [2.24, 2.45) is 5.92 Å². The number of piperidine rings is 1. The predicted octanol–water partition coefficient (Wildman–Crippen LogP) is 3.86. The molecule has 2 aliphatic rings. The third kappa shape index (κ3) is 4.63. The minimum Gasteiger partial charge on any atom is -0.339 e. The topological polar surface area (TPSA) is 69.7 Å². The number of nitrogens with zero attached hydrogens (tertiary/aromatic N) is 2. The van der Waals surface area contributed by atoms with Gasteiger partial charge in [-0.1, -0.05) is 42.5 Å². The van der Waals surface area contributed by atoms with Gasteiger partial charge in [-0.3, -0.25) is 14.4 Å². The number of carbonyl (C=O) groups is 3. The molecule has 2 atom stereocenters. The lowest BCUT2D eigenvalue weighted by Gasteiger charge is -2.27. The summed E-state index contributed by atoms with van der Waals surface area (Å²) in [6.07, 6.45) is 3.36. The molecule has 0 unspecified atom stereocenters. The molecule has 0 saturated carbocycles. The van der Waals surface area contributed by atoms with Crippen LogP contribution in [0.2, 0.25) is 0 Å². The molecular weight excluding hydrogens is 390 g/mol. The van der Waals surface area contributed by atoms with Crippen LogP contribution in [-0.2, 0) is 9.59 Å². The van der Waals surface area contributed by atoms with Gasteiger partial charge in [-0.05, 0) is 43.9 Å². The first-order valence-electron chi connectivity index (χ1n) is 11.1. The maximum atomic E-state index is 13.0. The Bertz CT molecular complexity index is 953. The van der Waals surface area contributed by atoms with Crippen LogP contribution in [0.1, 0.15) is 54.6 Å². The Hall–Kier alpha value is -3.15. The Balaban J connectivity index is 1.44. The molecule has 0 radical (unpaired) electrons. The Labute approximate surface area is 183 Å². The smallest absolute Gasteiger partial charge is 0.255 e. The van der Waals surface area contributed by atoms with E-state index in [-0.39, 0.29) is 30.2 Å². The molecule has 162 valence electrons. The Morgan fingerprint density at radius 3 is 2.39 bits per heavy atom. The van der Waals surface area contributed by atoms with Crippen molar-refractivity contribution in [2.75, 3.05) is 25.0 Å². The normalized spacial score (nSPS) is 19.9. The molecule has 6 nitrogen and oxygen atoms in total. The van der Waals surface area contributed by atoms with E-state index in [2.05, 4.69) is 5.32 Å². The summed E-state index contributed by atoms with van der Waals surface area (Å²) >= 11 is 0. The second-order valence-electron chi connectivity index (χ2n) is 8.42. The van der Waals surface area contributed by atoms with Gasteiger partial charge in [0.2, 0.25) is 11.8 Å². The van der Waals surface area contributed by atoms with Crippen LogP contribution in [0.15, 0.2) is 54.6 Å². The first kappa shape index (κ1) is 21.1. The van der Waals surface area contributed by atoms with Crippen LogP contribution in [0.5, 0.6) is 0 Å². The number of benzene rings is 2. The molecule has 0 bridgehead atoms. The molecule has 0 spiro atoms. The highest BCUT2D eigenvalue weighted by molar-refractivity contribution is 6.05. The highest BCUT2D eigenvalue weighted by Gasteiger charge is 2.37. The maximum Gasteiger partial charge on any atom is 0.255 e. The largest absolute Gasteiger partial charge is 0.339 e. The molecule has 2 saturated heterocycles. The van der Waals surface area contributed by atoms with E-state index in [4.69, 9.17) is 0 Å². The van der Waals surface area contributed by atoms with Gasteiger partial charge in [0.1, 0.15) is 0 Å². The summed E-state index contributed by atoms with van der Waals surface area (Å²) in [7, 11) is 0. The van der Waals surface area contributed by atoms with Crippen LogP contribution < -0.4 is 5.32 Å². The highest BCUT2D eigenvalue weighted by atomic mass is 16.2. The molecule has 6 heteroatoms. The Morgan fingerprint density at radius 1 is 0.968 bits per heavy atom. The van der Waals surface area contributed by atoms with Crippen molar-refractivity contribution < 1.29 is 14.4 Å². The molecule has 31 heavy (non-hydrogen) atoms. The van der Waals surface area contributed by atoms with Gasteiger partial charge in [0.25, 0.3) is 5.91 Å². The van der Waals surface area contributed by atoms with Crippen LogP contribution in [-0.4, -0.2) is 47.2 Å². The van der Waals surface area contributed by atoms with Crippen molar-refractivity contribution in [2.45, 2.75) is 38.6 Å². The van der Waals surface area contributed by atoms with Gasteiger partial charge in [0.15, 0.2) is 0 Å². The number of anilines is 1. The first-order valence-corrected chi connectivity index (χ1v) is 11.1. The molecule has 2 aliphatic heterocycles. The maximum absolute atomic E-state index is 13.0. The number of amides is 3. The van der Waals surface area contributed by atoms with E-state index in [0.717, 1.165) is 37.9 Å². The molecule has 2 fully saturated rings. The predicted molar refractivity (Wildman–Crippen MR) is 120 cm³/mol. The Kier molecular flexibility index (Phi) is 6.35. The zero-order chi connectivity index (χ0) is 21.8. The van der Waals surface area contributed by atoms with E-state index in [1.807, 2.05) is 54.3 Å². The van der Waals surface area contributed by atoms with Crippen LogP contribution >= 0.6 is 0 Å². The third-order valence-corrected chi connectivity index (χ3v) is 6.34. The summed E-state index contributed by atoms with van der Waals surface area (Å²) < 4.78 is 0. The van der Waals surface area contributed by atoms with Gasteiger partial charge >= 0.3 is 0 Å².